The van der Waals surface area contributed by atoms with E-state index in [4.69, 9.17) is 4.74 Å². The third kappa shape index (κ3) is 2.14. The Morgan fingerprint density at radius 3 is 2.72 bits per heavy atom. The highest BCUT2D eigenvalue weighted by molar-refractivity contribution is 5.42. The van der Waals surface area contributed by atoms with Gasteiger partial charge in [0.2, 0.25) is 0 Å². The van der Waals surface area contributed by atoms with Crippen LogP contribution in [0.3, 0.4) is 0 Å². The summed E-state index contributed by atoms with van der Waals surface area (Å²) in [5.74, 6) is 1.45. The smallest absolute Gasteiger partial charge is 0.123 e. The Bertz CT molecular complexity index is 444. The van der Waals surface area contributed by atoms with Crippen LogP contribution in [-0.2, 0) is 6.42 Å². The van der Waals surface area contributed by atoms with Crippen LogP contribution in [0, 0.1) is 5.92 Å². The molecule has 0 saturated heterocycles. The van der Waals surface area contributed by atoms with Crippen LogP contribution in [0.4, 0.5) is 0 Å². The van der Waals surface area contributed by atoms with E-state index in [1.807, 2.05) is 12.1 Å². The Hall–Kier alpha value is -1.02. The van der Waals surface area contributed by atoms with E-state index in [1.54, 1.807) is 0 Å². The van der Waals surface area contributed by atoms with Crippen LogP contribution in [0.2, 0.25) is 0 Å². The van der Waals surface area contributed by atoms with Crippen LogP contribution in [0.25, 0.3) is 0 Å². The molecule has 1 aliphatic carbocycles. The van der Waals surface area contributed by atoms with Crippen molar-refractivity contribution in [3.63, 3.8) is 0 Å². The summed E-state index contributed by atoms with van der Waals surface area (Å²) in [7, 11) is 0. The van der Waals surface area contributed by atoms with Gasteiger partial charge in [0.1, 0.15) is 11.4 Å². The molecule has 0 radical (unpaired) electrons. The molecule has 1 aromatic carbocycles. The highest BCUT2D eigenvalue weighted by Crippen LogP contribution is 2.40. The zero-order valence-corrected chi connectivity index (χ0v) is 11.3. The summed E-state index contributed by atoms with van der Waals surface area (Å²) in [5.41, 5.74) is 2.22. The molecule has 0 amide bonds. The lowest BCUT2D eigenvalue weighted by Gasteiger charge is -2.18. The average Bonchev–Trinajstić information content (AvgIpc) is 2.91. The van der Waals surface area contributed by atoms with Gasteiger partial charge in [0, 0.05) is 6.42 Å². The van der Waals surface area contributed by atoms with E-state index in [0.29, 0.717) is 5.92 Å². The van der Waals surface area contributed by atoms with Crippen LogP contribution in [0.1, 0.15) is 56.8 Å². The average molecular weight is 246 g/mol. The Labute approximate surface area is 109 Å². The standard InChI is InChI=1S/C16H22O2/c1-16(2)10-13-9-12(7-8-14(13)18-16)15(17)11-5-3-4-6-11/h7-9,11,15,17H,3-6,10H2,1-2H3. The summed E-state index contributed by atoms with van der Waals surface area (Å²) < 4.78 is 5.87. The predicted molar refractivity (Wildman–Crippen MR) is 71.8 cm³/mol. The number of hydrogen-bond donors (Lipinski definition) is 1. The molecular weight excluding hydrogens is 224 g/mol. The van der Waals surface area contributed by atoms with Gasteiger partial charge in [-0.05, 0) is 55.9 Å². The molecule has 1 heterocycles. The molecule has 98 valence electrons. The summed E-state index contributed by atoms with van der Waals surface area (Å²) in [5, 5.41) is 10.4. The molecule has 2 heteroatoms. The summed E-state index contributed by atoms with van der Waals surface area (Å²) in [6.07, 6.45) is 5.51. The Morgan fingerprint density at radius 1 is 1.28 bits per heavy atom. The van der Waals surface area contributed by atoms with E-state index in [2.05, 4.69) is 19.9 Å². The number of rotatable bonds is 2. The summed E-state index contributed by atoms with van der Waals surface area (Å²) in [6.45, 7) is 4.22. The third-order valence-corrected chi connectivity index (χ3v) is 4.27. The lowest BCUT2D eigenvalue weighted by atomic mass is 9.92. The summed E-state index contributed by atoms with van der Waals surface area (Å²) in [6, 6.07) is 6.20. The van der Waals surface area contributed by atoms with Crippen LogP contribution in [-0.4, -0.2) is 10.7 Å². The first-order valence-electron chi connectivity index (χ1n) is 7.05. The first kappa shape index (κ1) is 12.0. The zero-order valence-electron chi connectivity index (χ0n) is 11.3. The van der Waals surface area contributed by atoms with Crippen molar-refractivity contribution < 1.29 is 9.84 Å². The van der Waals surface area contributed by atoms with Gasteiger partial charge in [-0.2, -0.15) is 0 Å². The predicted octanol–water partition coefficient (Wildman–Crippen LogP) is 3.62. The van der Waals surface area contributed by atoms with E-state index in [1.165, 1.54) is 31.2 Å². The van der Waals surface area contributed by atoms with E-state index in [0.717, 1.165) is 17.7 Å². The van der Waals surface area contributed by atoms with Crippen LogP contribution >= 0.6 is 0 Å². The molecule has 0 spiro atoms. The van der Waals surface area contributed by atoms with Gasteiger partial charge < -0.3 is 9.84 Å². The SMILES string of the molecule is CC1(C)Cc2cc(C(O)C3CCCC3)ccc2O1. The molecule has 1 atom stereocenters. The largest absolute Gasteiger partial charge is 0.487 e. The van der Waals surface area contributed by atoms with Crippen molar-refractivity contribution in [2.24, 2.45) is 5.92 Å². The van der Waals surface area contributed by atoms with E-state index < -0.39 is 0 Å². The maximum Gasteiger partial charge on any atom is 0.123 e. The monoisotopic (exact) mass is 246 g/mol. The molecular formula is C16H22O2. The first-order valence-corrected chi connectivity index (χ1v) is 7.05. The fourth-order valence-corrected chi connectivity index (χ4v) is 3.36. The van der Waals surface area contributed by atoms with Gasteiger partial charge >= 0.3 is 0 Å². The molecule has 1 aromatic rings. The molecule has 3 rings (SSSR count). The van der Waals surface area contributed by atoms with Crippen molar-refractivity contribution in [3.8, 4) is 5.75 Å². The van der Waals surface area contributed by atoms with E-state index in [-0.39, 0.29) is 11.7 Å². The van der Waals surface area contributed by atoms with Crippen LogP contribution in [0.15, 0.2) is 18.2 Å². The highest BCUT2D eigenvalue weighted by Gasteiger charge is 2.31. The molecule has 2 nitrogen and oxygen atoms in total. The second-order valence-electron chi connectivity index (χ2n) is 6.40. The van der Waals surface area contributed by atoms with Crippen molar-refractivity contribution >= 4 is 0 Å². The van der Waals surface area contributed by atoms with Crippen LogP contribution < -0.4 is 4.74 Å². The zero-order chi connectivity index (χ0) is 12.8. The van der Waals surface area contributed by atoms with Gasteiger partial charge in [-0.25, -0.2) is 0 Å². The number of hydrogen-bond acceptors (Lipinski definition) is 2. The van der Waals surface area contributed by atoms with Crippen molar-refractivity contribution in [1.82, 2.24) is 0 Å². The Kier molecular flexibility index (Phi) is 2.86. The third-order valence-electron chi connectivity index (χ3n) is 4.27. The topological polar surface area (TPSA) is 29.5 Å². The fourth-order valence-electron chi connectivity index (χ4n) is 3.36. The van der Waals surface area contributed by atoms with Gasteiger partial charge in [0.05, 0.1) is 6.10 Å². The van der Waals surface area contributed by atoms with Crippen molar-refractivity contribution in [3.05, 3.63) is 29.3 Å². The van der Waals surface area contributed by atoms with Crippen molar-refractivity contribution in [2.45, 2.75) is 57.7 Å². The summed E-state index contributed by atoms with van der Waals surface area (Å²) in [4.78, 5) is 0. The maximum atomic E-state index is 10.4. The molecule has 18 heavy (non-hydrogen) atoms. The second kappa shape index (κ2) is 4.27. The second-order valence-corrected chi connectivity index (χ2v) is 6.40. The lowest BCUT2D eigenvalue weighted by Crippen LogP contribution is -2.24. The van der Waals surface area contributed by atoms with Gasteiger partial charge in [0.25, 0.3) is 0 Å². The Balaban J connectivity index is 1.83. The lowest BCUT2D eigenvalue weighted by molar-refractivity contribution is 0.111. The molecule has 0 bridgehead atoms. The van der Waals surface area contributed by atoms with Gasteiger partial charge in [0.15, 0.2) is 0 Å². The van der Waals surface area contributed by atoms with Crippen molar-refractivity contribution in [2.75, 3.05) is 0 Å². The first-order chi connectivity index (χ1) is 8.55. The van der Waals surface area contributed by atoms with E-state index in [9.17, 15) is 5.11 Å². The van der Waals surface area contributed by atoms with E-state index >= 15 is 0 Å². The Morgan fingerprint density at radius 2 is 2.00 bits per heavy atom. The van der Waals surface area contributed by atoms with Crippen LogP contribution in [0.5, 0.6) is 5.75 Å². The molecule has 1 fully saturated rings. The number of benzene rings is 1. The molecule has 1 unspecified atom stereocenters. The molecule has 1 N–H and O–H groups in total. The van der Waals surface area contributed by atoms with Crippen molar-refractivity contribution in [1.29, 1.82) is 0 Å². The minimum absolute atomic E-state index is 0.0979. The normalized spacial score (nSPS) is 23.7. The number of ether oxygens (including phenoxy) is 1. The van der Waals surface area contributed by atoms with Gasteiger partial charge in [-0.1, -0.05) is 18.9 Å². The molecule has 2 aliphatic rings. The quantitative estimate of drug-likeness (QED) is 0.863. The summed E-state index contributed by atoms with van der Waals surface area (Å²) >= 11 is 0. The number of aliphatic hydroxyl groups excluding tert-OH is 1. The maximum absolute atomic E-state index is 10.4. The minimum atomic E-state index is -0.290. The number of aliphatic hydroxyl groups is 1. The van der Waals surface area contributed by atoms with Gasteiger partial charge in [-0.15, -0.1) is 0 Å². The minimum Gasteiger partial charge on any atom is -0.487 e. The molecule has 0 aromatic heterocycles. The number of fused-ring (bicyclic) bond motifs is 1. The molecule has 1 saturated carbocycles. The van der Waals surface area contributed by atoms with Gasteiger partial charge in [-0.3, -0.25) is 0 Å². The highest BCUT2D eigenvalue weighted by atomic mass is 16.5. The fraction of sp³-hybridized carbons (Fsp3) is 0.625. The molecule has 1 aliphatic heterocycles.